The Balaban J connectivity index is 1.76. The average Bonchev–Trinajstić information content (AvgIpc) is 2.90. The fraction of sp³-hybridized carbons (Fsp3) is 0.387. The van der Waals surface area contributed by atoms with E-state index < -0.39 is 0 Å². The van der Waals surface area contributed by atoms with E-state index in [0.29, 0.717) is 13.2 Å². The third-order valence-electron chi connectivity index (χ3n) is 6.19. The zero-order valence-corrected chi connectivity index (χ0v) is 21.5. The number of benzene rings is 3. The standard InChI is InChI=1S/C31H37NO3/c1-5-25-20-28(26-14-16-27(33-4)17-15-26)30(35-22-24-12-8-6-9-13-24)21-29(25)34-19-11-7-10-18-31(2,3)23-32/h6,8-9,12-17,20-21H,5,7,10-11,18-19,22H2,1-4H3. The number of nitriles is 1. The van der Waals surface area contributed by atoms with E-state index in [0.717, 1.165) is 71.6 Å². The van der Waals surface area contributed by atoms with E-state index in [1.165, 1.54) is 0 Å². The SMILES string of the molecule is CCc1cc(-c2ccc(OC)cc2)c(OCc2ccccc2)cc1OCCCCCC(C)(C)C#N. The molecule has 4 heteroatoms. The lowest BCUT2D eigenvalue weighted by atomic mass is 9.89. The van der Waals surface area contributed by atoms with E-state index in [1.54, 1.807) is 7.11 Å². The minimum absolute atomic E-state index is 0.251. The second-order valence-corrected chi connectivity index (χ2v) is 9.47. The van der Waals surface area contributed by atoms with Gasteiger partial charge in [-0.15, -0.1) is 0 Å². The Bertz CT molecular complexity index is 1100. The van der Waals surface area contributed by atoms with Crippen LogP contribution in [0, 0.1) is 16.7 Å². The van der Waals surface area contributed by atoms with Gasteiger partial charge in [0.25, 0.3) is 0 Å². The number of methoxy groups -OCH3 is 1. The summed E-state index contributed by atoms with van der Waals surface area (Å²) in [7, 11) is 1.68. The molecule has 0 saturated heterocycles. The summed E-state index contributed by atoms with van der Waals surface area (Å²) in [5.41, 5.74) is 4.16. The van der Waals surface area contributed by atoms with E-state index in [4.69, 9.17) is 14.2 Å². The fourth-order valence-electron chi connectivity index (χ4n) is 3.95. The molecule has 0 bridgehead atoms. The first-order valence-corrected chi connectivity index (χ1v) is 12.5. The molecule has 0 unspecified atom stereocenters. The van der Waals surface area contributed by atoms with Crippen LogP contribution in [0.1, 0.15) is 57.6 Å². The Kier molecular flexibility index (Phi) is 9.61. The molecule has 3 aromatic rings. The molecule has 0 aliphatic rings. The van der Waals surface area contributed by atoms with E-state index in [9.17, 15) is 5.26 Å². The van der Waals surface area contributed by atoms with Gasteiger partial charge in [0, 0.05) is 11.6 Å². The van der Waals surface area contributed by atoms with Crippen LogP contribution in [-0.2, 0) is 13.0 Å². The zero-order valence-electron chi connectivity index (χ0n) is 21.5. The van der Waals surface area contributed by atoms with Crippen LogP contribution in [0.5, 0.6) is 17.2 Å². The van der Waals surface area contributed by atoms with Crippen molar-refractivity contribution in [1.82, 2.24) is 0 Å². The Morgan fingerprint density at radius 3 is 2.26 bits per heavy atom. The number of ether oxygens (including phenoxy) is 3. The molecule has 0 saturated carbocycles. The number of rotatable bonds is 13. The number of hydrogen-bond acceptors (Lipinski definition) is 4. The molecular formula is C31H37NO3. The van der Waals surface area contributed by atoms with Crippen LogP contribution in [0.4, 0.5) is 0 Å². The predicted octanol–water partition coefficient (Wildman–Crippen LogP) is 7.99. The predicted molar refractivity (Wildman–Crippen MR) is 142 cm³/mol. The molecule has 0 spiro atoms. The van der Waals surface area contributed by atoms with Gasteiger partial charge in [-0.2, -0.15) is 5.26 Å². The lowest BCUT2D eigenvalue weighted by Crippen LogP contribution is -2.07. The topological polar surface area (TPSA) is 51.5 Å². The summed E-state index contributed by atoms with van der Waals surface area (Å²) in [6, 6.07) is 24.9. The van der Waals surface area contributed by atoms with Crippen LogP contribution >= 0.6 is 0 Å². The van der Waals surface area contributed by atoms with Crippen molar-refractivity contribution in [1.29, 1.82) is 5.26 Å². The van der Waals surface area contributed by atoms with E-state index in [-0.39, 0.29) is 5.41 Å². The molecule has 35 heavy (non-hydrogen) atoms. The van der Waals surface area contributed by atoms with Gasteiger partial charge in [0.05, 0.1) is 25.2 Å². The molecular weight excluding hydrogens is 434 g/mol. The second-order valence-electron chi connectivity index (χ2n) is 9.47. The lowest BCUT2D eigenvalue weighted by Gasteiger charge is -2.18. The molecule has 4 nitrogen and oxygen atoms in total. The maximum atomic E-state index is 9.18. The molecule has 0 aliphatic carbocycles. The van der Waals surface area contributed by atoms with Crippen molar-refractivity contribution in [2.75, 3.05) is 13.7 Å². The number of aryl methyl sites for hydroxylation is 1. The van der Waals surface area contributed by atoms with Gasteiger partial charge in [-0.3, -0.25) is 0 Å². The van der Waals surface area contributed by atoms with Crippen LogP contribution in [0.2, 0.25) is 0 Å². The number of hydrogen-bond donors (Lipinski definition) is 0. The maximum Gasteiger partial charge on any atom is 0.131 e. The normalized spacial score (nSPS) is 11.1. The quantitative estimate of drug-likeness (QED) is 0.237. The van der Waals surface area contributed by atoms with Gasteiger partial charge in [0.1, 0.15) is 23.9 Å². The highest BCUT2D eigenvalue weighted by atomic mass is 16.5. The minimum Gasteiger partial charge on any atom is -0.497 e. The summed E-state index contributed by atoms with van der Waals surface area (Å²) in [6.45, 7) is 7.29. The van der Waals surface area contributed by atoms with Gasteiger partial charge in [0.15, 0.2) is 0 Å². The summed E-state index contributed by atoms with van der Waals surface area (Å²) in [5, 5.41) is 9.18. The molecule has 3 aromatic carbocycles. The van der Waals surface area contributed by atoms with Crippen LogP contribution in [-0.4, -0.2) is 13.7 Å². The zero-order chi connectivity index (χ0) is 25.1. The van der Waals surface area contributed by atoms with E-state index in [1.807, 2.05) is 50.2 Å². The maximum absolute atomic E-state index is 9.18. The minimum atomic E-state index is -0.251. The molecule has 0 aliphatic heterocycles. The van der Waals surface area contributed by atoms with Gasteiger partial charge in [0.2, 0.25) is 0 Å². The second kappa shape index (κ2) is 12.9. The highest BCUT2D eigenvalue weighted by molar-refractivity contribution is 5.73. The highest BCUT2D eigenvalue weighted by Gasteiger charge is 2.16. The van der Waals surface area contributed by atoms with Gasteiger partial charge < -0.3 is 14.2 Å². The van der Waals surface area contributed by atoms with Crippen molar-refractivity contribution in [2.24, 2.45) is 5.41 Å². The average molecular weight is 472 g/mol. The number of nitrogens with zero attached hydrogens (tertiary/aromatic N) is 1. The van der Waals surface area contributed by atoms with Crippen molar-refractivity contribution < 1.29 is 14.2 Å². The van der Waals surface area contributed by atoms with Crippen molar-refractivity contribution in [3.63, 3.8) is 0 Å². The highest BCUT2D eigenvalue weighted by Crippen LogP contribution is 2.38. The van der Waals surface area contributed by atoms with Crippen molar-refractivity contribution >= 4 is 0 Å². The summed E-state index contributed by atoms with van der Waals surface area (Å²) in [4.78, 5) is 0. The van der Waals surface area contributed by atoms with Gasteiger partial charge in [-0.05, 0) is 68.0 Å². The number of unbranched alkanes of at least 4 members (excludes halogenated alkanes) is 2. The van der Waals surface area contributed by atoms with E-state index >= 15 is 0 Å². The van der Waals surface area contributed by atoms with E-state index in [2.05, 4.69) is 43.3 Å². The molecule has 3 rings (SSSR count). The van der Waals surface area contributed by atoms with Gasteiger partial charge >= 0.3 is 0 Å². The fourth-order valence-corrected chi connectivity index (χ4v) is 3.95. The Morgan fingerprint density at radius 2 is 1.60 bits per heavy atom. The molecule has 0 radical (unpaired) electrons. The summed E-state index contributed by atoms with van der Waals surface area (Å²) < 4.78 is 17.9. The first-order valence-electron chi connectivity index (χ1n) is 12.5. The monoisotopic (exact) mass is 471 g/mol. The smallest absolute Gasteiger partial charge is 0.131 e. The van der Waals surface area contributed by atoms with Gasteiger partial charge in [-0.25, -0.2) is 0 Å². The summed E-state index contributed by atoms with van der Waals surface area (Å²) in [6.07, 6.45) is 4.83. The molecule has 184 valence electrons. The third-order valence-corrected chi connectivity index (χ3v) is 6.19. The lowest BCUT2D eigenvalue weighted by molar-refractivity contribution is 0.286. The Morgan fingerprint density at radius 1 is 0.857 bits per heavy atom. The Hall–Kier alpha value is -3.45. The Labute approximate surface area is 210 Å². The van der Waals surface area contributed by atoms with Crippen molar-refractivity contribution in [2.45, 2.75) is 59.5 Å². The van der Waals surface area contributed by atoms with Crippen molar-refractivity contribution in [3.05, 3.63) is 77.9 Å². The largest absolute Gasteiger partial charge is 0.497 e. The molecule has 0 amide bonds. The molecule has 0 heterocycles. The van der Waals surface area contributed by atoms with Crippen LogP contribution in [0.15, 0.2) is 66.7 Å². The van der Waals surface area contributed by atoms with Crippen LogP contribution in [0.25, 0.3) is 11.1 Å². The van der Waals surface area contributed by atoms with Gasteiger partial charge in [-0.1, -0.05) is 62.2 Å². The van der Waals surface area contributed by atoms with Crippen molar-refractivity contribution in [3.8, 4) is 34.4 Å². The summed E-state index contributed by atoms with van der Waals surface area (Å²) >= 11 is 0. The summed E-state index contributed by atoms with van der Waals surface area (Å²) in [5.74, 6) is 2.52. The van der Waals surface area contributed by atoms with Crippen LogP contribution < -0.4 is 14.2 Å². The molecule has 0 aromatic heterocycles. The molecule has 0 N–H and O–H groups in total. The molecule has 0 fully saturated rings. The third kappa shape index (κ3) is 7.79. The molecule has 0 atom stereocenters. The first kappa shape index (κ1) is 26.2. The van der Waals surface area contributed by atoms with Crippen LogP contribution in [0.3, 0.4) is 0 Å². The first-order chi connectivity index (χ1) is 17.0.